The first-order valence-electron chi connectivity index (χ1n) is 1.00. The Kier molecular flexibility index (Phi) is 17.6. The molecular weight excluding hydrogens is 167 g/mol. The number of phosphoric acid groups is 1. The van der Waals surface area contributed by atoms with E-state index in [4.69, 9.17) is 23.7 Å². The first kappa shape index (κ1) is 16.3. The fraction of sp³-hybridized carbons (Fsp3) is 0. The fourth-order valence-corrected chi connectivity index (χ4v) is 0. The van der Waals surface area contributed by atoms with Crippen LogP contribution in [0.4, 0.5) is 4.48 Å². The molecule has 5 N–H and O–H groups in total. The molecule has 0 aromatic carbocycles. The van der Waals surface area contributed by atoms with E-state index in [2.05, 4.69) is 5.96 Å². The third-order valence-electron chi connectivity index (χ3n) is 0. The zero-order chi connectivity index (χ0) is 6.50. The molecule has 8 heteroatoms. The minimum Gasteiger partial charge on any atom is -1.00 e. The predicted molar refractivity (Wildman–Crippen MR) is 20.7 cm³/mol. The minimum atomic E-state index is -4.64. The molecule has 0 atom stereocenters. The Balaban J connectivity index is -0.0000000286. The van der Waals surface area contributed by atoms with Crippen LogP contribution >= 0.6 is 7.82 Å². The molecule has 0 spiro atoms. The van der Waals surface area contributed by atoms with E-state index < -0.39 is 7.82 Å². The molecule has 0 fully saturated rings. The van der Waals surface area contributed by atoms with Gasteiger partial charge in [-0.25, -0.2) is 4.57 Å². The molecule has 0 aromatic heterocycles. The Hall–Kier alpha value is 1.64. The Labute approximate surface area is 89.2 Å². The molecule has 0 aliphatic rings. The Morgan fingerprint density at radius 1 is 1.38 bits per heavy atom. The molecule has 0 aromatic rings. The Morgan fingerprint density at radius 2 is 1.38 bits per heavy atom. The number of halogens is 1. The molecule has 0 heterocycles. The van der Waals surface area contributed by atoms with Crippen molar-refractivity contribution < 1.29 is 76.5 Å². The van der Waals surface area contributed by atoms with Crippen molar-refractivity contribution in [3.8, 4) is 0 Å². The van der Waals surface area contributed by atoms with Crippen molar-refractivity contribution in [2.75, 3.05) is 0 Å². The molecule has 0 bridgehead atoms. The van der Waals surface area contributed by atoms with Crippen molar-refractivity contribution in [1.29, 1.82) is 0 Å². The van der Waals surface area contributed by atoms with Gasteiger partial charge in [-0.3, -0.25) is 0 Å². The van der Waals surface area contributed by atoms with Gasteiger partial charge in [0.2, 0.25) is 0 Å². The van der Waals surface area contributed by atoms with Crippen LogP contribution in [0.5, 0.6) is 0 Å². The van der Waals surface area contributed by atoms with E-state index in [9.17, 15) is 0 Å². The van der Waals surface area contributed by atoms with Crippen LogP contribution < -0.4 is 57.3 Å². The molecular formula is H6FKNO4P. The quantitative estimate of drug-likeness (QED) is 0.170. The van der Waals surface area contributed by atoms with Crippen LogP contribution in [0.15, 0.2) is 0 Å². The maximum absolute atomic E-state index is 9.00. The molecule has 8 heavy (non-hydrogen) atoms. The Morgan fingerprint density at radius 3 is 1.38 bits per heavy atom. The van der Waals surface area contributed by atoms with Gasteiger partial charge in [-0.15, -0.1) is 4.48 Å². The summed E-state index contributed by atoms with van der Waals surface area (Å²) in [7, 11) is -4.64. The van der Waals surface area contributed by atoms with Crippen molar-refractivity contribution in [2.45, 2.75) is 0 Å². The van der Waals surface area contributed by atoms with Crippen LogP contribution in [0, 0.1) is 0 Å². The second-order valence-electron chi connectivity index (χ2n) is 0.513. The van der Waals surface area contributed by atoms with Gasteiger partial charge in [0.25, 0.3) is 0 Å². The smallest absolute Gasteiger partial charge is 1.00 e. The fourth-order valence-electron chi connectivity index (χ4n) is 0. The van der Waals surface area contributed by atoms with Crippen molar-refractivity contribution in [2.24, 2.45) is 5.96 Å². The van der Waals surface area contributed by atoms with E-state index in [1.165, 1.54) is 0 Å². The van der Waals surface area contributed by atoms with Crippen LogP contribution in [0.1, 0.15) is 1.43 Å². The summed E-state index contributed by atoms with van der Waals surface area (Å²) in [6, 6.07) is 0. The predicted octanol–water partition coefficient (Wildman–Crippen LogP) is -3.98. The van der Waals surface area contributed by atoms with Crippen molar-refractivity contribution in [3.63, 3.8) is 0 Å². The van der Waals surface area contributed by atoms with Crippen molar-refractivity contribution >= 4 is 7.82 Å². The number of hydrogen-bond acceptors (Lipinski definition) is 2. The van der Waals surface area contributed by atoms with Crippen LogP contribution in [0.25, 0.3) is 0 Å². The van der Waals surface area contributed by atoms with Crippen molar-refractivity contribution in [1.82, 2.24) is 0 Å². The Bertz CT molecular complexity index is 66.7. The van der Waals surface area contributed by atoms with Gasteiger partial charge in [0.05, 0.1) is 0 Å². The van der Waals surface area contributed by atoms with Crippen LogP contribution in [-0.4, -0.2) is 14.7 Å². The van der Waals surface area contributed by atoms with E-state index in [0.717, 1.165) is 0 Å². The summed E-state index contributed by atoms with van der Waals surface area (Å²) >= 11 is 0. The molecule has 48 valence electrons. The van der Waals surface area contributed by atoms with Gasteiger partial charge in [-0.05, 0) is 0 Å². The van der Waals surface area contributed by atoms with E-state index in [0.29, 0.717) is 0 Å². The van der Waals surface area contributed by atoms with Gasteiger partial charge < -0.3 is 16.1 Å². The maximum atomic E-state index is 9.00. The average Bonchev–Trinajstić information content (AvgIpc) is 1.36. The summed E-state index contributed by atoms with van der Waals surface area (Å²) < 4.78 is 17.9. The maximum Gasteiger partial charge on any atom is 1.00 e. The zero-order valence-electron chi connectivity index (χ0n) is 5.15. The van der Waals surface area contributed by atoms with Crippen molar-refractivity contribution in [3.05, 3.63) is 0 Å². The summed E-state index contributed by atoms with van der Waals surface area (Å²) in [6.45, 7) is 0. The zero-order valence-corrected chi connectivity index (χ0v) is 8.17. The first-order chi connectivity index (χ1) is 3.00. The molecule has 0 saturated carbocycles. The number of hydrogen-bond donors (Lipinski definition) is 4. The van der Waals surface area contributed by atoms with E-state index >= 15 is 0 Å². The normalized spacial score (nSPS) is 8.12. The molecule has 0 radical (unpaired) electrons. The minimum absolute atomic E-state index is 0. The molecule has 5 nitrogen and oxygen atoms in total. The van der Waals surface area contributed by atoms with Gasteiger partial charge in [-0.1, -0.05) is 0 Å². The first-order valence-corrected chi connectivity index (χ1v) is 2.57. The van der Waals surface area contributed by atoms with E-state index in [1.807, 2.05) is 0 Å². The monoisotopic (exact) mass is 173 g/mol. The topological polar surface area (TPSA) is 104 Å². The molecule has 0 aliphatic heterocycles. The molecule has 0 rings (SSSR count). The molecule has 0 saturated heterocycles. The third kappa shape index (κ3) is 126. The van der Waals surface area contributed by atoms with Gasteiger partial charge in [0.1, 0.15) is 0 Å². The van der Waals surface area contributed by atoms with Gasteiger partial charge in [-0.2, -0.15) is 5.96 Å². The second-order valence-corrected chi connectivity index (χ2v) is 1.54. The second kappa shape index (κ2) is 8.64. The van der Waals surface area contributed by atoms with E-state index in [-0.39, 0.29) is 52.8 Å². The average molecular weight is 173 g/mol. The van der Waals surface area contributed by atoms with Gasteiger partial charge >= 0.3 is 59.2 Å². The molecule has 0 unspecified atom stereocenters. The SMILES string of the molecule is NF.O=P(O)(O)O.[H-].[K+]. The summed E-state index contributed by atoms with van der Waals surface area (Å²) in [6.07, 6.45) is 0. The van der Waals surface area contributed by atoms with E-state index in [1.54, 1.807) is 0 Å². The standard InChI is InChI=1S/FH2N.K.H3O4P.H/c1-2;;1-5(2,3)4;/h2H2;;(H3,1,2,3,4);/q;+1;;-1. The summed E-state index contributed by atoms with van der Waals surface area (Å²) in [4.78, 5) is 21.6. The number of rotatable bonds is 0. The van der Waals surface area contributed by atoms with Crippen LogP contribution in [-0.2, 0) is 4.57 Å². The third-order valence-corrected chi connectivity index (χ3v) is 0. The van der Waals surface area contributed by atoms with Crippen LogP contribution in [0.3, 0.4) is 0 Å². The molecule has 0 aliphatic carbocycles. The summed E-state index contributed by atoms with van der Waals surface area (Å²) in [5.41, 5.74) is 0. The van der Waals surface area contributed by atoms with Crippen LogP contribution in [0.2, 0.25) is 0 Å². The summed E-state index contributed by atoms with van der Waals surface area (Å²) in [5.74, 6) is 3.00. The largest absolute Gasteiger partial charge is 1.00 e. The van der Waals surface area contributed by atoms with Gasteiger partial charge in [0.15, 0.2) is 0 Å². The summed E-state index contributed by atoms with van der Waals surface area (Å²) in [5, 5.41) is 0. The molecule has 0 amide bonds. The van der Waals surface area contributed by atoms with Gasteiger partial charge in [0, 0.05) is 0 Å². The number of nitrogens with two attached hydrogens (primary N) is 1.